The fraction of sp³-hybridized carbons (Fsp3) is 0.462. The molecule has 0 aromatic heterocycles. The average molecular weight is 314 g/mol. The van der Waals surface area contributed by atoms with Crippen molar-refractivity contribution in [3.05, 3.63) is 28.2 Å². The lowest BCUT2D eigenvalue weighted by atomic mass is 10.1. The fourth-order valence-corrected chi connectivity index (χ4v) is 2.51. The molecule has 0 radical (unpaired) electrons. The Kier molecular flexibility index (Phi) is 3.92. The lowest BCUT2D eigenvalue weighted by molar-refractivity contribution is 0.0341. The minimum atomic E-state index is -0.899. The van der Waals surface area contributed by atoms with Gasteiger partial charge in [0.1, 0.15) is 0 Å². The first-order chi connectivity index (χ1) is 8.49. The van der Waals surface area contributed by atoms with Gasteiger partial charge in [-0.15, -0.1) is 0 Å². The number of benzene rings is 1. The highest BCUT2D eigenvalue weighted by atomic mass is 79.9. The smallest absolute Gasteiger partial charge is 0.337 e. The number of nitrogens with zero attached hydrogens (tertiary/aromatic N) is 1. The summed E-state index contributed by atoms with van der Waals surface area (Å²) in [5, 5.41) is 9.27. The molecule has 2 atom stereocenters. The van der Waals surface area contributed by atoms with Gasteiger partial charge in [-0.05, 0) is 32.0 Å². The number of hydrogen-bond acceptors (Lipinski definition) is 3. The van der Waals surface area contributed by atoms with Crippen molar-refractivity contribution in [2.45, 2.75) is 26.0 Å². The van der Waals surface area contributed by atoms with Crippen LogP contribution in [0.2, 0.25) is 0 Å². The van der Waals surface area contributed by atoms with Crippen LogP contribution in [0.1, 0.15) is 24.2 Å². The normalized spacial score (nSPS) is 24.1. The summed E-state index contributed by atoms with van der Waals surface area (Å²) in [6.07, 6.45) is 0.113. The molecular weight excluding hydrogens is 298 g/mol. The van der Waals surface area contributed by atoms with Crippen molar-refractivity contribution in [1.82, 2.24) is 0 Å². The van der Waals surface area contributed by atoms with Crippen LogP contribution < -0.4 is 4.90 Å². The lowest BCUT2D eigenvalue weighted by Crippen LogP contribution is -2.48. The monoisotopic (exact) mass is 313 g/mol. The zero-order valence-electron chi connectivity index (χ0n) is 10.4. The largest absolute Gasteiger partial charge is 0.478 e. The molecule has 1 heterocycles. The molecule has 2 rings (SSSR count). The standard InChI is InChI=1S/C13H16BrNO3/c1-8-7-18-9(2)6-15(8)12-5-10(14)3-4-11(12)13(16)17/h3-5,8-9H,6-7H2,1-2H3,(H,16,17). The second kappa shape index (κ2) is 5.28. The highest BCUT2D eigenvalue weighted by Crippen LogP contribution is 2.29. The molecule has 0 aliphatic carbocycles. The van der Waals surface area contributed by atoms with E-state index in [1.807, 2.05) is 19.9 Å². The number of aromatic carboxylic acids is 1. The number of halogens is 1. The third-order valence-electron chi connectivity index (χ3n) is 3.11. The van der Waals surface area contributed by atoms with Crippen LogP contribution in [-0.4, -0.2) is 36.4 Å². The SMILES string of the molecule is CC1CN(c2cc(Br)ccc2C(=O)O)C(C)CO1. The second-order valence-electron chi connectivity index (χ2n) is 4.61. The van der Waals surface area contributed by atoms with Crippen LogP contribution in [0.5, 0.6) is 0 Å². The van der Waals surface area contributed by atoms with Gasteiger partial charge in [-0.2, -0.15) is 0 Å². The number of carboxylic acids is 1. The molecule has 1 fully saturated rings. The molecule has 1 aromatic carbocycles. The molecule has 1 aliphatic heterocycles. The van der Waals surface area contributed by atoms with Gasteiger partial charge >= 0.3 is 5.97 Å². The molecule has 1 N–H and O–H groups in total. The van der Waals surface area contributed by atoms with Crippen LogP contribution in [0.25, 0.3) is 0 Å². The summed E-state index contributed by atoms with van der Waals surface area (Å²) in [4.78, 5) is 13.4. The Morgan fingerprint density at radius 1 is 1.50 bits per heavy atom. The first kappa shape index (κ1) is 13.4. The first-order valence-electron chi connectivity index (χ1n) is 5.90. The molecule has 4 nitrogen and oxygen atoms in total. The average Bonchev–Trinajstić information content (AvgIpc) is 2.31. The molecular formula is C13H16BrNO3. The number of carboxylic acid groups (broad SMARTS) is 1. The van der Waals surface area contributed by atoms with E-state index >= 15 is 0 Å². The summed E-state index contributed by atoms with van der Waals surface area (Å²) in [6.45, 7) is 5.36. The predicted octanol–water partition coefficient (Wildman–Crippen LogP) is 2.76. The van der Waals surface area contributed by atoms with Crippen molar-refractivity contribution >= 4 is 27.6 Å². The van der Waals surface area contributed by atoms with Crippen molar-refractivity contribution in [3.8, 4) is 0 Å². The van der Waals surface area contributed by atoms with Crippen LogP contribution in [0.4, 0.5) is 5.69 Å². The van der Waals surface area contributed by atoms with Gasteiger partial charge in [0.05, 0.1) is 24.0 Å². The molecule has 5 heteroatoms. The Balaban J connectivity index is 2.41. The van der Waals surface area contributed by atoms with E-state index < -0.39 is 5.97 Å². The van der Waals surface area contributed by atoms with E-state index in [2.05, 4.69) is 20.8 Å². The number of morpholine rings is 1. The van der Waals surface area contributed by atoms with Crippen molar-refractivity contribution < 1.29 is 14.6 Å². The summed E-state index contributed by atoms with van der Waals surface area (Å²) in [7, 11) is 0. The van der Waals surface area contributed by atoms with Crippen LogP contribution in [0, 0.1) is 0 Å². The lowest BCUT2D eigenvalue weighted by Gasteiger charge is -2.39. The summed E-state index contributed by atoms with van der Waals surface area (Å²) >= 11 is 3.40. The van der Waals surface area contributed by atoms with E-state index in [-0.39, 0.29) is 12.1 Å². The summed E-state index contributed by atoms with van der Waals surface area (Å²) < 4.78 is 6.45. The Hall–Kier alpha value is -1.07. The molecule has 0 amide bonds. The maximum Gasteiger partial charge on any atom is 0.337 e. The van der Waals surface area contributed by atoms with E-state index in [1.54, 1.807) is 12.1 Å². The topological polar surface area (TPSA) is 49.8 Å². The zero-order chi connectivity index (χ0) is 13.3. The van der Waals surface area contributed by atoms with Crippen LogP contribution >= 0.6 is 15.9 Å². The molecule has 0 saturated carbocycles. The summed E-state index contributed by atoms with van der Waals surface area (Å²) in [5.41, 5.74) is 1.08. The Bertz CT molecular complexity index is 464. The number of ether oxygens (including phenoxy) is 1. The van der Waals surface area contributed by atoms with Gasteiger partial charge in [0.2, 0.25) is 0 Å². The van der Waals surface area contributed by atoms with Gasteiger partial charge in [-0.3, -0.25) is 0 Å². The summed E-state index contributed by atoms with van der Waals surface area (Å²) in [6, 6.07) is 5.42. The van der Waals surface area contributed by atoms with Gasteiger partial charge < -0.3 is 14.7 Å². The number of hydrogen-bond donors (Lipinski definition) is 1. The van der Waals surface area contributed by atoms with Crippen LogP contribution in [0.15, 0.2) is 22.7 Å². The maximum atomic E-state index is 11.3. The zero-order valence-corrected chi connectivity index (χ0v) is 12.0. The highest BCUT2D eigenvalue weighted by molar-refractivity contribution is 9.10. The highest BCUT2D eigenvalue weighted by Gasteiger charge is 2.26. The first-order valence-corrected chi connectivity index (χ1v) is 6.69. The molecule has 1 aliphatic rings. The van der Waals surface area contributed by atoms with Crippen LogP contribution in [-0.2, 0) is 4.74 Å². The van der Waals surface area contributed by atoms with Gasteiger partial charge in [0, 0.05) is 17.1 Å². The second-order valence-corrected chi connectivity index (χ2v) is 5.53. The quantitative estimate of drug-likeness (QED) is 0.912. The van der Waals surface area contributed by atoms with E-state index in [1.165, 1.54) is 0 Å². The molecule has 1 aromatic rings. The number of carbonyl (C=O) groups is 1. The van der Waals surface area contributed by atoms with E-state index in [0.29, 0.717) is 18.7 Å². The minimum absolute atomic E-state index is 0.113. The van der Waals surface area contributed by atoms with Gasteiger partial charge in [0.15, 0.2) is 0 Å². The number of anilines is 1. The van der Waals surface area contributed by atoms with Gasteiger partial charge in [-0.25, -0.2) is 4.79 Å². The molecule has 18 heavy (non-hydrogen) atoms. The van der Waals surface area contributed by atoms with Crippen molar-refractivity contribution in [2.24, 2.45) is 0 Å². The fourth-order valence-electron chi connectivity index (χ4n) is 2.16. The Morgan fingerprint density at radius 2 is 2.22 bits per heavy atom. The van der Waals surface area contributed by atoms with Crippen molar-refractivity contribution in [1.29, 1.82) is 0 Å². The van der Waals surface area contributed by atoms with E-state index in [4.69, 9.17) is 4.74 Å². The third-order valence-corrected chi connectivity index (χ3v) is 3.60. The Morgan fingerprint density at radius 3 is 2.89 bits per heavy atom. The predicted molar refractivity (Wildman–Crippen MR) is 73.3 cm³/mol. The van der Waals surface area contributed by atoms with Gasteiger partial charge in [-0.1, -0.05) is 15.9 Å². The molecule has 0 bridgehead atoms. The minimum Gasteiger partial charge on any atom is -0.478 e. The Labute approximate surface area is 115 Å². The maximum absolute atomic E-state index is 11.3. The molecule has 2 unspecified atom stereocenters. The third kappa shape index (κ3) is 2.67. The summed E-state index contributed by atoms with van der Waals surface area (Å²) in [5.74, 6) is -0.899. The van der Waals surface area contributed by atoms with E-state index in [0.717, 1.165) is 10.2 Å². The van der Waals surface area contributed by atoms with Crippen LogP contribution in [0.3, 0.4) is 0 Å². The molecule has 1 saturated heterocycles. The van der Waals surface area contributed by atoms with Crippen molar-refractivity contribution in [3.63, 3.8) is 0 Å². The van der Waals surface area contributed by atoms with E-state index in [9.17, 15) is 9.90 Å². The molecule has 98 valence electrons. The van der Waals surface area contributed by atoms with Gasteiger partial charge in [0.25, 0.3) is 0 Å². The molecule has 0 spiro atoms. The van der Waals surface area contributed by atoms with Crippen molar-refractivity contribution in [2.75, 3.05) is 18.1 Å². The number of rotatable bonds is 2.